The molecule has 2 aromatic carbocycles. The van der Waals surface area contributed by atoms with Crippen LogP contribution in [0.15, 0.2) is 52.9 Å². The van der Waals surface area contributed by atoms with E-state index >= 15 is 0 Å². The first kappa shape index (κ1) is 24.0. The van der Waals surface area contributed by atoms with Crippen LogP contribution < -0.4 is 10.6 Å². The van der Waals surface area contributed by atoms with E-state index in [1.807, 2.05) is 12.1 Å². The van der Waals surface area contributed by atoms with Crippen LogP contribution in [0.1, 0.15) is 72.4 Å². The summed E-state index contributed by atoms with van der Waals surface area (Å²) in [5, 5.41) is 6.29. The standard InChI is InChI=1S/C26H28ClN3O4/c27-19-11-3-2-10-18(19)23(32)30-26(15-7-1-8-16-26)25(33)28-17-9-6-13-21(31)24-29-20-12-4-5-14-22(20)34-24/h2-5,10-12,14H,1,6-9,13,15-17H2,(H,28,33)(H,30,32). The highest BCUT2D eigenvalue weighted by molar-refractivity contribution is 6.33. The highest BCUT2D eigenvalue weighted by Gasteiger charge is 2.41. The van der Waals surface area contributed by atoms with Crippen molar-refractivity contribution < 1.29 is 18.8 Å². The van der Waals surface area contributed by atoms with Crippen LogP contribution in [-0.2, 0) is 4.79 Å². The molecule has 3 aromatic rings. The predicted molar refractivity (Wildman–Crippen MR) is 130 cm³/mol. The van der Waals surface area contributed by atoms with E-state index in [4.69, 9.17) is 16.0 Å². The molecule has 178 valence electrons. The monoisotopic (exact) mass is 481 g/mol. The second kappa shape index (κ2) is 10.8. The van der Waals surface area contributed by atoms with Crippen LogP contribution >= 0.6 is 11.6 Å². The zero-order chi connectivity index (χ0) is 24.0. The van der Waals surface area contributed by atoms with Gasteiger partial charge < -0.3 is 15.1 Å². The fourth-order valence-electron chi connectivity index (χ4n) is 4.37. The zero-order valence-electron chi connectivity index (χ0n) is 18.9. The van der Waals surface area contributed by atoms with E-state index in [0.717, 1.165) is 19.3 Å². The summed E-state index contributed by atoms with van der Waals surface area (Å²) in [6, 6.07) is 14.1. The molecular weight excluding hydrogens is 454 g/mol. The highest BCUT2D eigenvalue weighted by Crippen LogP contribution is 2.29. The molecule has 1 aliphatic carbocycles. The van der Waals surface area contributed by atoms with E-state index in [1.165, 1.54) is 0 Å². The molecule has 0 atom stereocenters. The number of ketones is 1. The number of carbonyl (C=O) groups is 3. The molecule has 0 unspecified atom stereocenters. The highest BCUT2D eigenvalue weighted by atomic mass is 35.5. The van der Waals surface area contributed by atoms with Gasteiger partial charge in [0.15, 0.2) is 5.58 Å². The van der Waals surface area contributed by atoms with Crippen molar-refractivity contribution in [1.82, 2.24) is 15.6 Å². The average Bonchev–Trinajstić information content (AvgIpc) is 3.29. The number of unbranched alkanes of at least 4 members (excludes halogenated alkanes) is 1. The number of Topliss-reactive ketones (excluding diaryl/α,β-unsaturated/α-hetero) is 1. The summed E-state index contributed by atoms with van der Waals surface area (Å²) in [7, 11) is 0. The van der Waals surface area contributed by atoms with E-state index < -0.39 is 5.54 Å². The van der Waals surface area contributed by atoms with Crippen LogP contribution in [0.3, 0.4) is 0 Å². The summed E-state index contributed by atoms with van der Waals surface area (Å²) >= 11 is 6.17. The van der Waals surface area contributed by atoms with Gasteiger partial charge in [-0.25, -0.2) is 4.98 Å². The Morgan fingerprint density at radius 1 is 0.971 bits per heavy atom. The van der Waals surface area contributed by atoms with Crippen LogP contribution in [-0.4, -0.2) is 34.7 Å². The molecule has 1 fully saturated rings. The lowest BCUT2D eigenvalue weighted by Gasteiger charge is -2.36. The number of hydrogen-bond acceptors (Lipinski definition) is 5. The summed E-state index contributed by atoms with van der Waals surface area (Å²) < 4.78 is 5.52. The van der Waals surface area contributed by atoms with Gasteiger partial charge in [-0.15, -0.1) is 0 Å². The van der Waals surface area contributed by atoms with Crippen molar-refractivity contribution >= 4 is 40.3 Å². The lowest BCUT2D eigenvalue weighted by molar-refractivity contribution is -0.128. The van der Waals surface area contributed by atoms with E-state index in [0.29, 0.717) is 53.9 Å². The number of aromatic nitrogens is 1. The fraction of sp³-hybridized carbons (Fsp3) is 0.385. The molecular formula is C26H28ClN3O4. The van der Waals surface area contributed by atoms with Crippen LogP contribution in [0.5, 0.6) is 0 Å². The number of rotatable bonds is 9. The third-order valence-electron chi connectivity index (χ3n) is 6.26. The Morgan fingerprint density at radius 2 is 1.71 bits per heavy atom. The number of benzene rings is 2. The summed E-state index contributed by atoms with van der Waals surface area (Å²) in [6.45, 7) is 0.420. The van der Waals surface area contributed by atoms with Gasteiger partial charge in [-0.3, -0.25) is 14.4 Å². The first-order valence-corrected chi connectivity index (χ1v) is 12.1. The predicted octanol–water partition coefficient (Wildman–Crippen LogP) is 5.08. The quantitative estimate of drug-likeness (QED) is 0.327. The number of hydrogen-bond donors (Lipinski definition) is 2. The van der Waals surface area contributed by atoms with E-state index in [-0.39, 0.29) is 29.9 Å². The van der Waals surface area contributed by atoms with E-state index in [9.17, 15) is 14.4 Å². The number of nitrogens with zero attached hydrogens (tertiary/aromatic N) is 1. The molecule has 0 radical (unpaired) electrons. The normalized spacial score (nSPS) is 15.1. The minimum Gasteiger partial charge on any atom is -0.434 e. The summed E-state index contributed by atoms with van der Waals surface area (Å²) in [5.74, 6) is -0.559. The van der Waals surface area contributed by atoms with Crippen molar-refractivity contribution in [3.63, 3.8) is 0 Å². The number of nitrogens with one attached hydrogen (secondary N) is 2. The van der Waals surface area contributed by atoms with Crippen molar-refractivity contribution in [3.05, 3.63) is 65.0 Å². The fourth-order valence-corrected chi connectivity index (χ4v) is 4.60. The summed E-state index contributed by atoms with van der Waals surface area (Å²) in [5.41, 5.74) is 0.673. The number of oxazole rings is 1. The molecule has 2 amide bonds. The van der Waals surface area contributed by atoms with Gasteiger partial charge in [-0.2, -0.15) is 0 Å². The van der Waals surface area contributed by atoms with Crippen LogP contribution in [0.25, 0.3) is 11.1 Å². The van der Waals surface area contributed by atoms with Crippen LogP contribution in [0.2, 0.25) is 5.02 Å². The largest absolute Gasteiger partial charge is 0.434 e. The second-order valence-corrected chi connectivity index (χ2v) is 9.11. The molecule has 34 heavy (non-hydrogen) atoms. The molecule has 1 aromatic heterocycles. The maximum Gasteiger partial charge on any atom is 0.264 e. The van der Waals surface area contributed by atoms with Gasteiger partial charge in [0.1, 0.15) is 11.1 Å². The molecule has 1 saturated carbocycles. The Morgan fingerprint density at radius 3 is 2.47 bits per heavy atom. The first-order valence-electron chi connectivity index (χ1n) is 11.7. The number of carbonyl (C=O) groups excluding carboxylic acids is 3. The minimum absolute atomic E-state index is 0.119. The second-order valence-electron chi connectivity index (χ2n) is 8.70. The summed E-state index contributed by atoms with van der Waals surface area (Å²) in [4.78, 5) is 42.6. The Labute approximate surface area is 203 Å². The van der Waals surface area contributed by atoms with E-state index in [1.54, 1.807) is 36.4 Å². The average molecular weight is 482 g/mol. The minimum atomic E-state index is -0.942. The molecule has 7 nitrogen and oxygen atoms in total. The van der Waals surface area contributed by atoms with Gasteiger partial charge in [-0.1, -0.05) is 55.1 Å². The van der Waals surface area contributed by atoms with Gasteiger partial charge in [0, 0.05) is 13.0 Å². The first-order chi connectivity index (χ1) is 16.5. The number of amides is 2. The van der Waals surface area contributed by atoms with Gasteiger partial charge in [0.2, 0.25) is 11.7 Å². The van der Waals surface area contributed by atoms with Crippen LogP contribution in [0.4, 0.5) is 0 Å². The number of halogens is 1. The lowest BCUT2D eigenvalue weighted by Crippen LogP contribution is -2.59. The lowest BCUT2D eigenvalue weighted by atomic mass is 9.80. The van der Waals surface area contributed by atoms with Crippen molar-refractivity contribution in [2.75, 3.05) is 6.54 Å². The maximum atomic E-state index is 13.1. The maximum absolute atomic E-state index is 13.1. The van der Waals surface area contributed by atoms with Crippen molar-refractivity contribution in [1.29, 1.82) is 0 Å². The molecule has 0 spiro atoms. The third-order valence-corrected chi connectivity index (χ3v) is 6.59. The Hall–Kier alpha value is -3.19. The van der Waals surface area contributed by atoms with Gasteiger partial charge in [0.05, 0.1) is 10.6 Å². The zero-order valence-corrected chi connectivity index (χ0v) is 19.7. The number of para-hydroxylation sites is 2. The van der Waals surface area contributed by atoms with Gasteiger partial charge >= 0.3 is 0 Å². The molecule has 2 N–H and O–H groups in total. The van der Waals surface area contributed by atoms with E-state index in [2.05, 4.69) is 15.6 Å². The topological polar surface area (TPSA) is 101 Å². The SMILES string of the molecule is O=C(CCCCNC(=O)C1(NC(=O)c2ccccc2Cl)CCCCC1)c1nc2ccccc2o1. The Kier molecular flexibility index (Phi) is 7.63. The molecule has 4 rings (SSSR count). The van der Waals surface area contributed by atoms with Crippen molar-refractivity contribution in [2.24, 2.45) is 0 Å². The molecule has 0 saturated heterocycles. The molecule has 1 aliphatic rings. The Bertz CT molecular complexity index is 1150. The van der Waals surface area contributed by atoms with Crippen molar-refractivity contribution in [3.8, 4) is 0 Å². The Balaban J connectivity index is 1.28. The molecule has 1 heterocycles. The van der Waals surface area contributed by atoms with Crippen LogP contribution in [0, 0.1) is 0 Å². The number of fused-ring (bicyclic) bond motifs is 1. The van der Waals surface area contributed by atoms with Crippen molar-refractivity contribution in [2.45, 2.75) is 56.9 Å². The third kappa shape index (κ3) is 5.47. The molecule has 8 heteroatoms. The van der Waals surface area contributed by atoms with Gasteiger partial charge in [-0.05, 0) is 49.9 Å². The molecule has 0 bridgehead atoms. The smallest absolute Gasteiger partial charge is 0.264 e. The summed E-state index contributed by atoms with van der Waals surface area (Å²) in [6.07, 6.45) is 5.47. The molecule has 0 aliphatic heterocycles. The van der Waals surface area contributed by atoms with Gasteiger partial charge in [0.25, 0.3) is 11.8 Å².